The fraction of sp³-hybridized carbons (Fsp3) is 0.278. The van der Waals surface area contributed by atoms with Gasteiger partial charge in [-0.1, -0.05) is 0 Å². The summed E-state index contributed by atoms with van der Waals surface area (Å²) >= 11 is 1.49. The number of piperidine rings is 1. The maximum Gasteiger partial charge on any atom is 0.322 e. The summed E-state index contributed by atoms with van der Waals surface area (Å²) in [5, 5.41) is 19.6. The number of benzene rings is 1. The number of carbonyl (C=O) groups excluding carboxylic acids is 2. The van der Waals surface area contributed by atoms with Crippen LogP contribution in [0.3, 0.4) is 0 Å². The predicted molar refractivity (Wildman–Crippen MR) is 105 cm³/mol. The first kappa shape index (κ1) is 18.1. The Morgan fingerprint density at radius 1 is 1.07 bits per heavy atom. The first-order valence-electron chi connectivity index (χ1n) is 8.93. The van der Waals surface area contributed by atoms with E-state index in [0.717, 1.165) is 16.4 Å². The standard InChI is InChI=1S/C18H19N7O2S/c26-17(20-14-3-5-15(6-4-14)25-12-19-22-23-25)13-7-9-24(10-8-13)18(27)21-16-2-1-11-28-16/h1-6,11-13H,7-10H2,(H,20,26)(H,21,27). The van der Waals surface area contributed by atoms with Crippen LogP contribution in [0, 0.1) is 5.92 Å². The molecule has 2 N–H and O–H groups in total. The van der Waals surface area contributed by atoms with Crippen molar-refractivity contribution in [1.82, 2.24) is 25.1 Å². The molecule has 28 heavy (non-hydrogen) atoms. The van der Waals surface area contributed by atoms with Crippen molar-refractivity contribution >= 4 is 34.0 Å². The molecule has 0 bridgehead atoms. The highest BCUT2D eigenvalue weighted by Crippen LogP contribution is 2.22. The summed E-state index contributed by atoms with van der Waals surface area (Å²) in [6.45, 7) is 1.13. The van der Waals surface area contributed by atoms with Crippen LogP contribution in [0.2, 0.25) is 0 Å². The number of anilines is 2. The van der Waals surface area contributed by atoms with E-state index in [-0.39, 0.29) is 17.9 Å². The van der Waals surface area contributed by atoms with Gasteiger partial charge in [-0.15, -0.1) is 16.4 Å². The Kier molecular flexibility index (Phi) is 5.29. The normalized spacial score (nSPS) is 14.6. The highest BCUT2D eigenvalue weighted by Gasteiger charge is 2.27. The van der Waals surface area contributed by atoms with Crippen LogP contribution >= 0.6 is 11.3 Å². The maximum atomic E-state index is 12.5. The van der Waals surface area contributed by atoms with Crippen LogP contribution in [0.25, 0.3) is 5.69 Å². The van der Waals surface area contributed by atoms with Gasteiger partial charge in [0, 0.05) is 24.7 Å². The van der Waals surface area contributed by atoms with E-state index in [2.05, 4.69) is 26.2 Å². The molecular weight excluding hydrogens is 378 g/mol. The SMILES string of the molecule is O=C(Nc1ccc(-n2cnnn2)cc1)C1CCN(C(=O)Nc2cccs2)CC1. The fourth-order valence-electron chi connectivity index (χ4n) is 3.10. The van der Waals surface area contributed by atoms with Gasteiger partial charge in [0.2, 0.25) is 5.91 Å². The van der Waals surface area contributed by atoms with Crippen LogP contribution in [0.1, 0.15) is 12.8 Å². The molecule has 3 amide bonds. The fourth-order valence-corrected chi connectivity index (χ4v) is 3.71. The highest BCUT2D eigenvalue weighted by molar-refractivity contribution is 7.14. The number of rotatable bonds is 4. The molecule has 10 heteroatoms. The van der Waals surface area contributed by atoms with Crippen molar-refractivity contribution < 1.29 is 9.59 Å². The number of aromatic nitrogens is 4. The van der Waals surface area contributed by atoms with Gasteiger partial charge >= 0.3 is 6.03 Å². The largest absolute Gasteiger partial charge is 0.326 e. The molecule has 2 aromatic heterocycles. The van der Waals surface area contributed by atoms with Gasteiger partial charge in [0.1, 0.15) is 6.33 Å². The number of nitrogens with one attached hydrogen (secondary N) is 2. The zero-order valence-corrected chi connectivity index (χ0v) is 15.8. The molecule has 0 atom stereocenters. The van der Waals surface area contributed by atoms with E-state index in [9.17, 15) is 9.59 Å². The van der Waals surface area contributed by atoms with Crippen LogP contribution in [0.5, 0.6) is 0 Å². The van der Waals surface area contributed by atoms with E-state index in [1.54, 1.807) is 9.58 Å². The molecule has 0 radical (unpaired) electrons. The smallest absolute Gasteiger partial charge is 0.322 e. The Morgan fingerprint density at radius 2 is 1.86 bits per heavy atom. The molecule has 3 aromatic rings. The van der Waals surface area contributed by atoms with Crippen LogP contribution in [-0.2, 0) is 4.79 Å². The average Bonchev–Trinajstić information content (AvgIpc) is 3.43. The zero-order valence-electron chi connectivity index (χ0n) is 15.0. The molecule has 9 nitrogen and oxygen atoms in total. The van der Waals surface area contributed by atoms with Crippen molar-refractivity contribution in [3.8, 4) is 5.69 Å². The minimum Gasteiger partial charge on any atom is -0.326 e. The van der Waals surface area contributed by atoms with E-state index in [4.69, 9.17) is 0 Å². The van der Waals surface area contributed by atoms with Crippen molar-refractivity contribution in [2.45, 2.75) is 12.8 Å². The number of carbonyl (C=O) groups is 2. The summed E-state index contributed by atoms with van der Waals surface area (Å²) in [7, 11) is 0. The van der Waals surface area contributed by atoms with E-state index in [0.29, 0.717) is 25.9 Å². The van der Waals surface area contributed by atoms with E-state index in [1.165, 1.54) is 17.7 Å². The monoisotopic (exact) mass is 397 g/mol. The molecular formula is C18H19N7O2S. The molecule has 144 valence electrons. The van der Waals surface area contributed by atoms with Gasteiger partial charge in [-0.3, -0.25) is 10.1 Å². The Hall–Kier alpha value is -3.27. The van der Waals surface area contributed by atoms with Crippen molar-refractivity contribution in [3.63, 3.8) is 0 Å². The third-order valence-corrected chi connectivity index (χ3v) is 5.44. The summed E-state index contributed by atoms with van der Waals surface area (Å²) < 4.78 is 1.54. The van der Waals surface area contributed by atoms with Gasteiger partial charge in [0.25, 0.3) is 0 Å². The summed E-state index contributed by atoms with van der Waals surface area (Å²) in [6, 6.07) is 11.0. The topological polar surface area (TPSA) is 105 Å². The van der Waals surface area contributed by atoms with Crippen LogP contribution in [-0.4, -0.2) is 50.1 Å². The predicted octanol–water partition coefficient (Wildman–Crippen LogP) is 2.61. The molecule has 3 heterocycles. The van der Waals surface area contributed by atoms with E-state index < -0.39 is 0 Å². The molecule has 1 aliphatic rings. The van der Waals surface area contributed by atoms with Gasteiger partial charge in [0.05, 0.1) is 10.7 Å². The minimum absolute atomic E-state index is 0.0199. The molecule has 0 saturated carbocycles. The molecule has 0 aliphatic carbocycles. The summed E-state index contributed by atoms with van der Waals surface area (Å²) in [5.41, 5.74) is 1.53. The second kappa shape index (κ2) is 8.17. The Bertz CT molecular complexity index is 918. The number of nitrogens with zero attached hydrogens (tertiary/aromatic N) is 5. The third kappa shape index (κ3) is 4.17. The second-order valence-corrected chi connectivity index (χ2v) is 7.41. The number of thiophene rings is 1. The summed E-state index contributed by atoms with van der Waals surface area (Å²) in [6.07, 6.45) is 2.80. The molecule has 1 saturated heterocycles. The van der Waals surface area contributed by atoms with Crippen LogP contribution < -0.4 is 10.6 Å². The van der Waals surface area contributed by atoms with Crippen molar-refractivity contribution in [2.75, 3.05) is 23.7 Å². The second-order valence-electron chi connectivity index (χ2n) is 6.46. The number of tetrazole rings is 1. The van der Waals surface area contributed by atoms with Crippen LogP contribution in [0.15, 0.2) is 48.1 Å². The summed E-state index contributed by atoms with van der Waals surface area (Å²) in [4.78, 5) is 26.6. The van der Waals surface area contributed by atoms with Crippen molar-refractivity contribution in [2.24, 2.45) is 5.92 Å². The van der Waals surface area contributed by atoms with Crippen molar-refractivity contribution in [3.05, 3.63) is 48.1 Å². The molecule has 4 rings (SSSR count). The first-order chi connectivity index (χ1) is 13.7. The quantitative estimate of drug-likeness (QED) is 0.704. The molecule has 0 unspecified atom stereocenters. The number of hydrogen-bond donors (Lipinski definition) is 2. The maximum absolute atomic E-state index is 12.5. The Balaban J connectivity index is 1.27. The highest BCUT2D eigenvalue weighted by atomic mass is 32.1. The Labute approximate surface area is 165 Å². The van der Waals surface area contributed by atoms with Gasteiger partial charge in [-0.2, -0.15) is 0 Å². The molecule has 1 fully saturated rings. The lowest BCUT2D eigenvalue weighted by atomic mass is 9.96. The van der Waals surface area contributed by atoms with Gasteiger partial charge in [0.15, 0.2) is 0 Å². The number of likely N-dealkylation sites (tertiary alicyclic amines) is 1. The van der Waals surface area contributed by atoms with E-state index >= 15 is 0 Å². The first-order valence-corrected chi connectivity index (χ1v) is 9.81. The number of urea groups is 1. The minimum atomic E-state index is -0.112. The molecule has 1 aromatic carbocycles. The van der Waals surface area contributed by atoms with Gasteiger partial charge in [-0.05, 0) is 65.0 Å². The van der Waals surface area contributed by atoms with Crippen LogP contribution in [0.4, 0.5) is 15.5 Å². The molecule has 1 aliphatic heterocycles. The lowest BCUT2D eigenvalue weighted by Gasteiger charge is -2.31. The molecule has 0 spiro atoms. The zero-order chi connectivity index (χ0) is 19.3. The third-order valence-electron chi connectivity index (χ3n) is 4.65. The van der Waals surface area contributed by atoms with Gasteiger partial charge in [-0.25, -0.2) is 9.48 Å². The summed E-state index contributed by atoms with van der Waals surface area (Å²) in [5.74, 6) is -0.126. The lowest BCUT2D eigenvalue weighted by molar-refractivity contribution is -0.121. The lowest BCUT2D eigenvalue weighted by Crippen LogP contribution is -2.43. The van der Waals surface area contributed by atoms with Gasteiger partial charge < -0.3 is 10.2 Å². The van der Waals surface area contributed by atoms with Crippen molar-refractivity contribution in [1.29, 1.82) is 0 Å². The average molecular weight is 397 g/mol. The van der Waals surface area contributed by atoms with E-state index in [1.807, 2.05) is 41.8 Å². The number of amides is 3. The number of hydrogen-bond acceptors (Lipinski definition) is 6. The Morgan fingerprint density at radius 3 is 2.50 bits per heavy atom.